The average Bonchev–Trinajstić information content (AvgIpc) is 2.30. The van der Waals surface area contributed by atoms with Crippen LogP contribution < -0.4 is 5.32 Å². The van der Waals surface area contributed by atoms with Crippen LogP contribution in [0.1, 0.15) is 34.6 Å². The SMILES string of the molecule is CCOC1(C)C(=O)NC(=C=O)CN1C(=O)OC(C)(C)C. The van der Waals surface area contributed by atoms with Gasteiger partial charge in [0.05, 0.1) is 6.54 Å². The molecule has 1 N–H and O–H groups in total. The second-order valence-electron chi connectivity index (χ2n) is 5.52. The zero-order valence-corrected chi connectivity index (χ0v) is 12.4. The summed E-state index contributed by atoms with van der Waals surface area (Å²) in [6.07, 6.45) is -0.726. The first-order chi connectivity index (χ1) is 9.14. The molecule has 0 saturated carbocycles. The van der Waals surface area contributed by atoms with Crippen LogP contribution in [0.5, 0.6) is 0 Å². The topological polar surface area (TPSA) is 84.9 Å². The monoisotopic (exact) mass is 284 g/mol. The van der Waals surface area contributed by atoms with Crippen molar-refractivity contribution in [1.29, 1.82) is 0 Å². The quantitative estimate of drug-likeness (QED) is 0.759. The van der Waals surface area contributed by atoms with Gasteiger partial charge in [-0.25, -0.2) is 9.59 Å². The normalized spacial score (nSPS) is 23.1. The van der Waals surface area contributed by atoms with Gasteiger partial charge in [-0.2, -0.15) is 0 Å². The van der Waals surface area contributed by atoms with E-state index >= 15 is 0 Å². The third-order valence-electron chi connectivity index (χ3n) is 2.68. The third-order valence-corrected chi connectivity index (χ3v) is 2.68. The fraction of sp³-hybridized carbons (Fsp3) is 0.692. The lowest BCUT2D eigenvalue weighted by Gasteiger charge is -2.42. The van der Waals surface area contributed by atoms with Gasteiger partial charge in [0.2, 0.25) is 5.72 Å². The number of rotatable bonds is 2. The minimum absolute atomic E-state index is 0.0296. The van der Waals surface area contributed by atoms with Crippen LogP contribution in [0, 0.1) is 0 Å². The zero-order valence-electron chi connectivity index (χ0n) is 12.4. The largest absolute Gasteiger partial charge is 0.444 e. The van der Waals surface area contributed by atoms with Gasteiger partial charge in [0.1, 0.15) is 17.2 Å². The Hall–Kier alpha value is -1.85. The van der Waals surface area contributed by atoms with Crippen LogP contribution in [0.2, 0.25) is 0 Å². The second kappa shape index (κ2) is 5.64. The molecule has 1 saturated heterocycles. The van der Waals surface area contributed by atoms with E-state index in [1.54, 1.807) is 33.6 Å². The minimum Gasteiger partial charge on any atom is -0.444 e. The second-order valence-corrected chi connectivity index (χ2v) is 5.52. The molecule has 0 aromatic heterocycles. The molecule has 1 rings (SSSR count). The van der Waals surface area contributed by atoms with Gasteiger partial charge in [-0.3, -0.25) is 9.69 Å². The van der Waals surface area contributed by atoms with Gasteiger partial charge in [-0.1, -0.05) is 0 Å². The molecular formula is C13H20N2O5. The first-order valence-electron chi connectivity index (χ1n) is 6.34. The maximum absolute atomic E-state index is 12.2. The van der Waals surface area contributed by atoms with Crippen molar-refractivity contribution in [2.75, 3.05) is 13.2 Å². The smallest absolute Gasteiger partial charge is 0.413 e. The Morgan fingerprint density at radius 3 is 2.55 bits per heavy atom. The van der Waals surface area contributed by atoms with Gasteiger partial charge in [-0.15, -0.1) is 0 Å². The number of amides is 2. The van der Waals surface area contributed by atoms with Gasteiger partial charge in [0.15, 0.2) is 0 Å². The molecule has 7 nitrogen and oxygen atoms in total. The summed E-state index contributed by atoms with van der Waals surface area (Å²) < 4.78 is 10.6. The summed E-state index contributed by atoms with van der Waals surface area (Å²) in [5.41, 5.74) is -2.27. The van der Waals surface area contributed by atoms with Crippen LogP contribution >= 0.6 is 0 Å². The van der Waals surface area contributed by atoms with Gasteiger partial charge in [-0.05, 0) is 34.6 Å². The third kappa shape index (κ3) is 3.37. The number of hydrogen-bond acceptors (Lipinski definition) is 5. The number of ether oxygens (including phenoxy) is 2. The van der Waals surface area contributed by atoms with Gasteiger partial charge >= 0.3 is 6.09 Å². The number of nitrogens with one attached hydrogen (secondary N) is 1. The molecule has 112 valence electrons. The van der Waals surface area contributed by atoms with Crippen LogP contribution in [-0.4, -0.2) is 47.3 Å². The molecule has 0 aromatic carbocycles. The van der Waals surface area contributed by atoms with Crippen LogP contribution in [0.3, 0.4) is 0 Å². The molecule has 7 heteroatoms. The van der Waals surface area contributed by atoms with Crippen molar-refractivity contribution < 1.29 is 23.9 Å². The Labute approximate surface area is 117 Å². The van der Waals surface area contributed by atoms with E-state index in [1.807, 2.05) is 0 Å². The summed E-state index contributed by atoms with van der Waals surface area (Å²) in [7, 11) is 0. The Kier molecular flexibility index (Phi) is 4.57. The standard InChI is InChI=1S/C13H20N2O5/c1-6-19-13(5)10(17)14-9(8-16)7-15(13)11(18)20-12(2,3)4/h6-7H2,1-5H3,(H,14,17). The number of hydrogen-bond donors (Lipinski definition) is 1. The molecule has 0 bridgehead atoms. The number of nitrogens with zero attached hydrogens (tertiary/aromatic N) is 1. The molecule has 1 heterocycles. The highest BCUT2D eigenvalue weighted by atomic mass is 16.6. The van der Waals surface area contributed by atoms with E-state index in [4.69, 9.17) is 9.47 Å². The van der Waals surface area contributed by atoms with Crippen LogP contribution in [0.25, 0.3) is 0 Å². The van der Waals surface area contributed by atoms with Crippen LogP contribution in [0.15, 0.2) is 5.70 Å². The highest BCUT2D eigenvalue weighted by molar-refractivity contribution is 5.92. The summed E-state index contributed by atoms with van der Waals surface area (Å²) in [5, 5.41) is 2.37. The molecule has 1 fully saturated rings. The molecule has 0 radical (unpaired) electrons. The first kappa shape index (κ1) is 16.2. The van der Waals surface area contributed by atoms with Crippen molar-refractivity contribution in [2.45, 2.75) is 45.9 Å². The predicted octanol–water partition coefficient (Wildman–Crippen LogP) is 0.822. The molecule has 1 unspecified atom stereocenters. The Balaban J connectivity index is 3.10. The average molecular weight is 284 g/mol. The summed E-state index contributed by atoms with van der Waals surface area (Å²) >= 11 is 0. The lowest BCUT2D eigenvalue weighted by molar-refractivity contribution is -0.174. The van der Waals surface area contributed by atoms with E-state index in [0.29, 0.717) is 0 Å². The fourth-order valence-corrected chi connectivity index (χ4v) is 1.76. The number of carbonyl (C=O) groups excluding carboxylic acids is 3. The Bertz CT molecular complexity index is 462. The minimum atomic E-state index is -1.52. The summed E-state index contributed by atoms with van der Waals surface area (Å²) in [4.78, 5) is 36.1. The maximum atomic E-state index is 12.2. The summed E-state index contributed by atoms with van der Waals surface area (Å²) in [6, 6.07) is 0. The molecule has 1 aliphatic rings. The molecular weight excluding hydrogens is 264 g/mol. The maximum Gasteiger partial charge on any atom is 0.413 e. The predicted molar refractivity (Wildman–Crippen MR) is 70.3 cm³/mol. The highest BCUT2D eigenvalue weighted by Gasteiger charge is 2.49. The van der Waals surface area contributed by atoms with Crippen LogP contribution in [-0.2, 0) is 19.1 Å². The van der Waals surface area contributed by atoms with E-state index < -0.39 is 23.3 Å². The molecule has 20 heavy (non-hydrogen) atoms. The van der Waals surface area contributed by atoms with E-state index in [-0.39, 0.29) is 18.8 Å². The zero-order chi connectivity index (χ0) is 15.6. The summed E-state index contributed by atoms with van der Waals surface area (Å²) in [5.74, 6) is 0.990. The molecule has 0 aromatic rings. The molecule has 0 spiro atoms. The van der Waals surface area contributed by atoms with E-state index in [2.05, 4.69) is 5.32 Å². The van der Waals surface area contributed by atoms with Crippen molar-refractivity contribution in [2.24, 2.45) is 0 Å². The molecule has 2 amide bonds. The van der Waals surface area contributed by atoms with E-state index in [1.165, 1.54) is 6.92 Å². The lowest BCUT2D eigenvalue weighted by atomic mass is 10.1. The Morgan fingerprint density at radius 2 is 2.10 bits per heavy atom. The highest BCUT2D eigenvalue weighted by Crippen LogP contribution is 2.25. The van der Waals surface area contributed by atoms with Gasteiger partial charge in [0.25, 0.3) is 5.91 Å². The van der Waals surface area contributed by atoms with Gasteiger partial charge in [0, 0.05) is 6.61 Å². The van der Waals surface area contributed by atoms with E-state index in [9.17, 15) is 14.4 Å². The molecule has 1 aliphatic heterocycles. The Morgan fingerprint density at radius 1 is 1.50 bits per heavy atom. The van der Waals surface area contributed by atoms with E-state index in [0.717, 1.165) is 4.90 Å². The molecule has 1 atom stereocenters. The summed E-state index contributed by atoms with van der Waals surface area (Å²) in [6.45, 7) is 8.40. The number of piperazine rings is 1. The first-order valence-corrected chi connectivity index (χ1v) is 6.34. The van der Waals surface area contributed by atoms with Crippen molar-refractivity contribution in [3.63, 3.8) is 0 Å². The van der Waals surface area contributed by atoms with Crippen molar-refractivity contribution in [3.05, 3.63) is 5.70 Å². The molecule has 0 aliphatic carbocycles. The lowest BCUT2D eigenvalue weighted by Crippen LogP contribution is -2.66. The van der Waals surface area contributed by atoms with Gasteiger partial charge < -0.3 is 14.8 Å². The van der Waals surface area contributed by atoms with Crippen molar-refractivity contribution >= 4 is 17.9 Å². The van der Waals surface area contributed by atoms with Crippen molar-refractivity contribution in [3.8, 4) is 0 Å². The fourth-order valence-electron chi connectivity index (χ4n) is 1.76. The van der Waals surface area contributed by atoms with Crippen molar-refractivity contribution in [1.82, 2.24) is 10.2 Å². The number of carbonyl (C=O) groups is 2. The van der Waals surface area contributed by atoms with Crippen LogP contribution in [0.4, 0.5) is 4.79 Å².